The fourth-order valence-electron chi connectivity index (χ4n) is 4.96. The Bertz CT molecular complexity index is 1350. The minimum Gasteiger partial charge on any atom is -0.497 e. The second-order valence-electron chi connectivity index (χ2n) is 9.36. The number of nitrogens with one attached hydrogen (secondary N) is 1. The maximum absolute atomic E-state index is 14.0. The van der Waals surface area contributed by atoms with Crippen molar-refractivity contribution in [2.75, 3.05) is 7.11 Å². The Morgan fingerprint density at radius 1 is 1.11 bits per heavy atom. The molecule has 0 spiro atoms. The Morgan fingerprint density at radius 3 is 2.73 bits per heavy atom. The number of thiophene rings is 1. The molecular formula is C28H31N5O3S. The molecular weight excluding hydrogens is 486 g/mol. The highest BCUT2D eigenvalue weighted by molar-refractivity contribution is 7.09. The molecule has 2 amide bonds. The monoisotopic (exact) mass is 517 g/mol. The number of nitrogens with zero attached hydrogens (tertiary/aromatic N) is 4. The third-order valence-electron chi connectivity index (χ3n) is 6.85. The fraction of sp³-hybridized carbons (Fsp3) is 0.357. The maximum Gasteiger partial charge on any atom is 0.247 e. The van der Waals surface area contributed by atoms with Crippen LogP contribution in [0.25, 0.3) is 11.0 Å². The van der Waals surface area contributed by atoms with Crippen molar-refractivity contribution < 1.29 is 14.3 Å². The van der Waals surface area contributed by atoms with Crippen molar-refractivity contribution in [1.29, 1.82) is 0 Å². The molecule has 8 nitrogen and oxygen atoms in total. The minimum absolute atomic E-state index is 0.0247. The average molecular weight is 518 g/mol. The summed E-state index contributed by atoms with van der Waals surface area (Å²) in [7, 11) is 1.60. The zero-order chi connectivity index (χ0) is 25.6. The zero-order valence-electron chi connectivity index (χ0n) is 20.9. The molecule has 0 bridgehead atoms. The lowest BCUT2D eigenvalue weighted by Gasteiger charge is -2.33. The van der Waals surface area contributed by atoms with Gasteiger partial charge in [0.25, 0.3) is 0 Å². The van der Waals surface area contributed by atoms with Crippen LogP contribution < -0.4 is 10.1 Å². The Balaban J connectivity index is 1.51. The highest BCUT2D eigenvalue weighted by atomic mass is 32.1. The third kappa shape index (κ3) is 5.83. The molecule has 2 aromatic carbocycles. The van der Waals surface area contributed by atoms with Crippen LogP contribution in [0.2, 0.25) is 0 Å². The summed E-state index contributed by atoms with van der Waals surface area (Å²) in [6, 6.07) is 18.2. The Kier molecular flexibility index (Phi) is 7.79. The summed E-state index contributed by atoms with van der Waals surface area (Å²) in [6.45, 7) is 0.284. The summed E-state index contributed by atoms with van der Waals surface area (Å²) in [6.07, 6.45) is 5.32. The Morgan fingerprint density at radius 2 is 1.95 bits per heavy atom. The first-order valence-corrected chi connectivity index (χ1v) is 13.5. The van der Waals surface area contributed by atoms with Crippen molar-refractivity contribution in [2.45, 2.75) is 57.3 Å². The molecule has 0 unspecified atom stereocenters. The molecule has 2 heterocycles. The van der Waals surface area contributed by atoms with Gasteiger partial charge in [0.05, 0.1) is 19.2 Å². The van der Waals surface area contributed by atoms with Crippen molar-refractivity contribution in [3.05, 3.63) is 76.5 Å². The molecule has 192 valence electrons. The first kappa shape index (κ1) is 25.0. The van der Waals surface area contributed by atoms with Crippen LogP contribution in [0.3, 0.4) is 0 Å². The summed E-state index contributed by atoms with van der Waals surface area (Å²) in [5.74, 6) is 0.253. The normalized spacial score (nSPS) is 14.8. The number of hydrogen-bond acceptors (Lipinski definition) is 6. The van der Waals surface area contributed by atoms with E-state index in [9.17, 15) is 9.59 Å². The SMILES string of the molecule is COc1cccc([C@@H](C(=O)NC2CCCCC2)N(Cc2cccs2)C(=O)Cn2nnc3ccccc32)c1. The highest BCUT2D eigenvalue weighted by Gasteiger charge is 2.34. The summed E-state index contributed by atoms with van der Waals surface area (Å²) < 4.78 is 7.06. The van der Waals surface area contributed by atoms with E-state index in [0.29, 0.717) is 17.9 Å². The molecule has 2 aromatic heterocycles. The molecule has 1 saturated carbocycles. The third-order valence-corrected chi connectivity index (χ3v) is 7.71. The first-order chi connectivity index (χ1) is 18.1. The smallest absolute Gasteiger partial charge is 0.247 e. The molecule has 1 N–H and O–H groups in total. The van der Waals surface area contributed by atoms with Crippen LogP contribution in [0, 0.1) is 0 Å². The number of rotatable bonds is 9. The summed E-state index contributed by atoms with van der Waals surface area (Å²) in [5, 5.41) is 13.6. The highest BCUT2D eigenvalue weighted by Crippen LogP contribution is 2.29. The van der Waals surface area contributed by atoms with Gasteiger partial charge in [0, 0.05) is 10.9 Å². The second kappa shape index (κ2) is 11.6. The lowest BCUT2D eigenvalue weighted by Crippen LogP contribution is -2.47. The van der Waals surface area contributed by atoms with E-state index >= 15 is 0 Å². The number of aromatic nitrogens is 3. The number of para-hydroxylation sites is 1. The molecule has 9 heteroatoms. The van der Waals surface area contributed by atoms with E-state index in [4.69, 9.17) is 4.74 Å². The quantitative estimate of drug-likeness (QED) is 0.347. The topological polar surface area (TPSA) is 89.4 Å². The Labute approximate surface area is 220 Å². The average Bonchev–Trinajstić information content (AvgIpc) is 3.59. The zero-order valence-corrected chi connectivity index (χ0v) is 21.7. The van der Waals surface area contributed by atoms with Gasteiger partial charge in [-0.1, -0.05) is 54.8 Å². The van der Waals surface area contributed by atoms with E-state index in [1.807, 2.05) is 66.0 Å². The van der Waals surface area contributed by atoms with Gasteiger partial charge in [-0.2, -0.15) is 0 Å². The first-order valence-electron chi connectivity index (χ1n) is 12.7. The van der Waals surface area contributed by atoms with Crippen molar-refractivity contribution >= 4 is 34.2 Å². The van der Waals surface area contributed by atoms with Crippen molar-refractivity contribution in [3.8, 4) is 5.75 Å². The molecule has 5 rings (SSSR count). The van der Waals surface area contributed by atoms with E-state index in [1.165, 1.54) is 6.42 Å². The van der Waals surface area contributed by atoms with Crippen LogP contribution >= 0.6 is 11.3 Å². The van der Waals surface area contributed by atoms with E-state index in [0.717, 1.165) is 41.6 Å². The molecule has 1 aliphatic rings. The van der Waals surface area contributed by atoms with Gasteiger partial charge in [-0.15, -0.1) is 16.4 Å². The fourth-order valence-corrected chi connectivity index (χ4v) is 5.66. The lowest BCUT2D eigenvalue weighted by atomic mass is 9.94. The molecule has 1 fully saturated rings. The number of amides is 2. The van der Waals surface area contributed by atoms with E-state index in [1.54, 1.807) is 28.0 Å². The van der Waals surface area contributed by atoms with Gasteiger partial charge in [0.2, 0.25) is 11.8 Å². The van der Waals surface area contributed by atoms with E-state index in [-0.39, 0.29) is 24.4 Å². The maximum atomic E-state index is 14.0. The van der Waals surface area contributed by atoms with Gasteiger partial charge in [-0.05, 0) is 54.1 Å². The molecule has 0 radical (unpaired) electrons. The molecule has 37 heavy (non-hydrogen) atoms. The minimum atomic E-state index is -0.818. The summed E-state index contributed by atoms with van der Waals surface area (Å²) >= 11 is 1.56. The van der Waals surface area contributed by atoms with Gasteiger partial charge in [-0.25, -0.2) is 4.68 Å². The number of carbonyl (C=O) groups excluding carboxylic acids is 2. The van der Waals surface area contributed by atoms with Crippen LogP contribution in [0.5, 0.6) is 5.75 Å². The van der Waals surface area contributed by atoms with Gasteiger partial charge in [0.15, 0.2) is 0 Å². The largest absolute Gasteiger partial charge is 0.497 e. The second-order valence-corrected chi connectivity index (χ2v) is 10.4. The van der Waals surface area contributed by atoms with Crippen LogP contribution in [0.1, 0.15) is 48.6 Å². The molecule has 0 aliphatic heterocycles. The van der Waals surface area contributed by atoms with Crippen molar-refractivity contribution in [2.24, 2.45) is 0 Å². The van der Waals surface area contributed by atoms with Gasteiger partial charge in [-0.3, -0.25) is 9.59 Å². The Hall–Kier alpha value is -3.72. The van der Waals surface area contributed by atoms with Gasteiger partial charge >= 0.3 is 0 Å². The molecule has 1 atom stereocenters. The van der Waals surface area contributed by atoms with E-state index in [2.05, 4.69) is 15.6 Å². The van der Waals surface area contributed by atoms with Crippen molar-refractivity contribution in [1.82, 2.24) is 25.2 Å². The predicted octanol–water partition coefficient (Wildman–Crippen LogP) is 4.72. The van der Waals surface area contributed by atoms with Crippen molar-refractivity contribution in [3.63, 3.8) is 0 Å². The number of benzene rings is 2. The summed E-state index contributed by atoms with van der Waals surface area (Å²) in [4.78, 5) is 30.6. The number of ether oxygens (including phenoxy) is 1. The predicted molar refractivity (Wildman–Crippen MR) is 143 cm³/mol. The van der Waals surface area contributed by atoms with Crippen LogP contribution in [0.15, 0.2) is 66.0 Å². The standard InChI is InChI=1S/C28H31N5O3S/c1-36-22-12-7-9-20(17-22)27(28(35)29-21-10-3-2-4-11-21)32(18-23-13-8-16-37-23)26(34)19-33-25-15-6-5-14-24(25)30-31-33/h5-9,12-17,21,27H,2-4,10-11,18-19H2,1H3,(H,29,35)/t27-/m0/s1. The number of carbonyl (C=O) groups is 2. The van der Waals surface area contributed by atoms with Crippen LogP contribution in [0.4, 0.5) is 0 Å². The molecule has 4 aromatic rings. The lowest BCUT2D eigenvalue weighted by molar-refractivity contribution is -0.142. The number of methoxy groups -OCH3 is 1. The molecule has 1 aliphatic carbocycles. The number of hydrogen-bond donors (Lipinski definition) is 1. The van der Waals surface area contributed by atoms with E-state index < -0.39 is 6.04 Å². The van der Waals surface area contributed by atoms with Gasteiger partial charge < -0.3 is 15.0 Å². The molecule has 0 saturated heterocycles. The van der Waals surface area contributed by atoms with Crippen LogP contribution in [-0.2, 0) is 22.7 Å². The number of fused-ring (bicyclic) bond motifs is 1. The van der Waals surface area contributed by atoms with Gasteiger partial charge in [0.1, 0.15) is 23.9 Å². The summed E-state index contributed by atoms with van der Waals surface area (Å²) in [5.41, 5.74) is 2.21. The van der Waals surface area contributed by atoms with Crippen LogP contribution in [-0.4, -0.2) is 44.9 Å².